The van der Waals surface area contributed by atoms with E-state index in [4.69, 9.17) is 23.2 Å². The van der Waals surface area contributed by atoms with Crippen molar-refractivity contribution in [2.45, 2.75) is 45.2 Å². The Morgan fingerprint density at radius 1 is 0.853 bits per heavy atom. The first kappa shape index (κ1) is 25.8. The summed E-state index contributed by atoms with van der Waals surface area (Å²) < 4.78 is 0. The molecule has 6 heteroatoms. The van der Waals surface area contributed by atoms with Crippen molar-refractivity contribution in [2.24, 2.45) is 0 Å². The molecule has 0 radical (unpaired) electrons. The van der Waals surface area contributed by atoms with E-state index in [0.717, 1.165) is 23.1 Å². The van der Waals surface area contributed by atoms with E-state index in [9.17, 15) is 9.59 Å². The molecule has 3 rings (SSSR count). The van der Waals surface area contributed by atoms with Crippen LogP contribution in [-0.4, -0.2) is 29.3 Å². The lowest BCUT2D eigenvalue weighted by Crippen LogP contribution is -2.50. The Kier molecular flexibility index (Phi) is 9.99. The first-order chi connectivity index (χ1) is 16.5. The van der Waals surface area contributed by atoms with Gasteiger partial charge in [-0.15, -0.1) is 0 Å². The minimum absolute atomic E-state index is 0.118. The van der Waals surface area contributed by atoms with Gasteiger partial charge in [0.2, 0.25) is 11.8 Å². The molecule has 2 amide bonds. The SMILES string of the molecule is CCCNC(=O)[C@@H](Cc1ccccc1)N(Cc1ccccc1Cl)C(=O)CCc1ccccc1Cl. The summed E-state index contributed by atoms with van der Waals surface area (Å²) in [4.78, 5) is 28.6. The largest absolute Gasteiger partial charge is 0.354 e. The van der Waals surface area contributed by atoms with Crippen LogP contribution >= 0.6 is 23.2 Å². The zero-order chi connectivity index (χ0) is 24.3. The van der Waals surface area contributed by atoms with Crippen molar-refractivity contribution in [3.8, 4) is 0 Å². The summed E-state index contributed by atoms with van der Waals surface area (Å²) in [6.07, 6.45) is 1.96. The first-order valence-corrected chi connectivity index (χ1v) is 12.3. The summed E-state index contributed by atoms with van der Waals surface area (Å²) in [5.41, 5.74) is 2.70. The number of hydrogen-bond acceptors (Lipinski definition) is 2. The molecule has 0 saturated heterocycles. The van der Waals surface area contributed by atoms with Crippen molar-refractivity contribution in [3.05, 3.63) is 106 Å². The Hall–Kier alpha value is -2.82. The molecule has 178 valence electrons. The van der Waals surface area contributed by atoms with Crippen LogP contribution in [-0.2, 0) is 29.0 Å². The molecule has 0 heterocycles. The van der Waals surface area contributed by atoms with Gasteiger partial charge in [-0.25, -0.2) is 0 Å². The van der Waals surface area contributed by atoms with Gasteiger partial charge in [0.1, 0.15) is 6.04 Å². The van der Waals surface area contributed by atoms with Gasteiger partial charge in [-0.2, -0.15) is 0 Å². The maximum absolute atomic E-state index is 13.6. The second-order valence-corrected chi connectivity index (χ2v) is 9.02. The quantitative estimate of drug-likeness (QED) is 0.349. The second-order valence-electron chi connectivity index (χ2n) is 8.20. The van der Waals surface area contributed by atoms with Gasteiger partial charge in [0.25, 0.3) is 0 Å². The molecule has 34 heavy (non-hydrogen) atoms. The zero-order valence-corrected chi connectivity index (χ0v) is 20.9. The third-order valence-electron chi connectivity index (χ3n) is 5.68. The summed E-state index contributed by atoms with van der Waals surface area (Å²) in [6, 6.07) is 24.0. The Morgan fingerprint density at radius 2 is 1.44 bits per heavy atom. The number of aryl methyl sites for hydroxylation is 1. The van der Waals surface area contributed by atoms with Crippen LogP contribution in [0.15, 0.2) is 78.9 Å². The molecule has 0 aliphatic rings. The third-order valence-corrected chi connectivity index (χ3v) is 6.42. The van der Waals surface area contributed by atoms with Crippen molar-refractivity contribution in [3.63, 3.8) is 0 Å². The lowest BCUT2D eigenvalue weighted by Gasteiger charge is -2.32. The average Bonchev–Trinajstić information content (AvgIpc) is 2.85. The Bertz CT molecular complexity index is 1090. The summed E-state index contributed by atoms with van der Waals surface area (Å²) in [7, 11) is 0. The number of nitrogens with one attached hydrogen (secondary N) is 1. The normalized spacial score (nSPS) is 11.6. The maximum Gasteiger partial charge on any atom is 0.243 e. The molecule has 0 aliphatic heterocycles. The highest BCUT2D eigenvalue weighted by Crippen LogP contribution is 2.22. The van der Waals surface area contributed by atoms with E-state index in [-0.39, 0.29) is 24.8 Å². The van der Waals surface area contributed by atoms with E-state index in [0.29, 0.717) is 29.4 Å². The Balaban J connectivity index is 1.91. The fourth-order valence-electron chi connectivity index (χ4n) is 3.82. The van der Waals surface area contributed by atoms with E-state index in [2.05, 4.69) is 5.32 Å². The molecule has 0 aromatic heterocycles. The summed E-state index contributed by atoms with van der Waals surface area (Å²) in [5.74, 6) is -0.281. The molecule has 0 unspecified atom stereocenters. The van der Waals surface area contributed by atoms with Gasteiger partial charge in [-0.3, -0.25) is 9.59 Å². The van der Waals surface area contributed by atoms with Gasteiger partial charge in [0, 0.05) is 36.0 Å². The highest BCUT2D eigenvalue weighted by atomic mass is 35.5. The Labute approximate surface area is 211 Å². The van der Waals surface area contributed by atoms with Crippen LogP contribution in [0.4, 0.5) is 0 Å². The summed E-state index contributed by atoms with van der Waals surface area (Å²) >= 11 is 12.7. The van der Waals surface area contributed by atoms with Crippen molar-refractivity contribution >= 4 is 35.0 Å². The molecule has 1 N–H and O–H groups in total. The highest BCUT2D eigenvalue weighted by Gasteiger charge is 2.30. The van der Waals surface area contributed by atoms with Crippen LogP contribution in [0.2, 0.25) is 10.0 Å². The number of nitrogens with zero attached hydrogens (tertiary/aromatic N) is 1. The van der Waals surface area contributed by atoms with Gasteiger partial charge in [0.15, 0.2) is 0 Å². The molecule has 0 fully saturated rings. The molecule has 0 spiro atoms. The average molecular weight is 497 g/mol. The minimum atomic E-state index is -0.663. The van der Waals surface area contributed by atoms with E-state index < -0.39 is 6.04 Å². The van der Waals surface area contributed by atoms with Gasteiger partial charge < -0.3 is 10.2 Å². The molecule has 3 aromatic carbocycles. The lowest BCUT2D eigenvalue weighted by atomic mass is 10.0. The molecular weight excluding hydrogens is 467 g/mol. The highest BCUT2D eigenvalue weighted by molar-refractivity contribution is 6.31. The van der Waals surface area contributed by atoms with Crippen molar-refractivity contribution < 1.29 is 9.59 Å². The first-order valence-electron chi connectivity index (χ1n) is 11.6. The van der Waals surface area contributed by atoms with Gasteiger partial charge >= 0.3 is 0 Å². The smallest absolute Gasteiger partial charge is 0.243 e. The van der Waals surface area contributed by atoms with Gasteiger partial charge in [0.05, 0.1) is 0 Å². The van der Waals surface area contributed by atoms with E-state index in [1.165, 1.54) is 0 Å². The number of amides is 2. The molecule has 0 bridgehead atoms. The predicted molar refractivity (Wildman–Crippen MR) is 139 cm³/mol. The van der Waals surface area contributed by atoms with Crippen LogP contribution < -0.4 is 5.32 Å². The van der Waals surface area contributed by atoms with Crippen molar-refractivity contribution in [1.82, 2.24) is 10.2 Å². The van der Waals surface area contributed by atoms with E-state index in [1.807, 2.05) is 79.7 Å². The van der Waals surface area contributed by atoms with Crippen LogP contribution in [0.3, 0.4) is 0 Å². The Morgan fingerprint density at radius 3 is 2.06 bits per heavy atom. The predicted octanol–water partition coefficient (Wildman–Crippen LogP) is 6.09. The minimum Gasteiger partial charge on any atom is -0.354 e. The van der Waals surface area contributed by atoms with Crippen LogP contribution in [0.25, 0.3) is 0 Å². The van der Waals surface area contributed by atoms with Crippen molar-refractivity contribution in [2.75, 3.05) is 6.54 Å². The number of hydrogen-bond donors (Lipinski definition) is 1. The molecule has 0 aliphatic carbocycles. The summed E-state index contributed by atoms with van der Waals surface area (Å²) in [5, 5.41) is 4.19. The number of carbonyl (C=O) groups is 2. The number of carbonyl (C=O) groups excluding carboxylic acids is 2. The van der Waals surface area contributed by atoms with Crippen LogP contribution in [0.5, 0.6) is 0 Å². The fourth-order valence-corrected chi connectivity index (χ4v) is 4.24. The standard InChI is InChI=1S/C28H30Cl2N2O2/c1-2-18-31-28(34)26(19-21-10-4-3-5-11-21)32(20-23-13-7-9-15-25(23)30)27(33)17-16-22-12-6-8-14-24(22)29/h3-15,26H,2,16-20H2,1H3,(H,31,34)/t26-/m1/s1. The van der Waals surface area contributed by atoms with Gasteiger partial charge in [-0.1, -0.05) is 96.9 Å². The maximum atomic E-state index is 13.6. The molecule has 1 atom stereocenters. The van der Waals surface area contributed by atoms with E-state index in [1.54, 1.807) is 11.0 Å². The summed E-state index contributed by atoms with van der Waals surface area (Å²) in [6.45, 7) is 2.80. The second kappa shape index (κ2) is 13.2. The topological polar surface area (TPSA) is 49.4 Å². The lowest BCUT2D eigenvalue weighted by molar-refractivity contribution is -0.141. The molecular formula is C28H30Cl2N2O2. The van der Waals surface area contributed by atoms with Crippen molar-refractivity contribution in [1.29, 1.82) is 0 Å². The zero-order valence-electron chi connectivity index (χ0n) is 19.3. The third kappa shape index (κ3) is 7.34. The molecule has 4 nitrogen and oxygen atoms in total. The molecule has 3 aromatic rings. The molecule has 0 saturated carbocycles. The van der Waals surface area contributed by atoms with E-state index >= 15 is 0 Å². The van der Waals surface area contributed by atoms with Crippen LogP contribution in [0.1, 0.15) is 36.5 Å². The number of rotatable bonds is 11. The fraction of sp³-hybridized carbons (Fsp3) is 0.286. The monoisotopic (exact) mass is 496 g/mol. The number of halogens is 2. The number of benzene rings is 3. The van der Waals surface area contributed by atoms with Gasteiger partial charge in [-0.05, 0) is 41.7 Å². The van der Waals surface area contributed by atoms with Crippen LogP contribution in [0, 0.1) is 0 Å².